The van der Waals surface area contributed by atoms with Crippen molar-refractivity contribution in [3.05, 3.63) is 0 Å². The molecule has 3 heterocycles. The maximum absolute atomic E-state index is 13.2. The van der Waals surface area contributed by atoms with Crippen molar-refractivity contribution in [2.75, 3.05) is 58.9 Å². The van der Waals surface area contributed by atoms with Crippen LogP contribution in [0, 0.1) is 56.7 Å². The van der Waals surface area contributed by atoms with Crippen molar-refractivity contribution in [2.45, 2.75) is 150 Å². The van der Waals surface area contributed by atoms with Crippen LogP contribution in [0.25, 0.3) is 0 Å². The highest BCUT2D eigenvalue weighted by Crippen LogP contribution is 2.89. The van der Waals surface area contributed by atoms with E-state index in [0.29, 0.717) is 24.3 Å². The molecular weight excluding hydrogens is 681 g/mol. The average molecular weight is 755 g/mol. The Bertz CT molecular complexity index is 1410. The van der Waals surface area contributed by atoms with Crippen LogP contribution < -0.4 is 5.32 Å². The van der Waals surface area contributed by atoms with Gasteiger partial charge in [0.15, 0.2) is 0 Å². The minimum atomic E-state index is -0.551. The number of carbonyl (C=O) groups excluding carboxylic acids is 2. The number of ether oxygens (including phenoxy) is 3. The number of piperazine rings is 1. The number of rotatable bonds is 9. The minimum absolute atomic E-state index is 0.0212. The zero-order valence-corrected chi connectivity index (χ0v) is 35.0. The summed E-state index contributed by atoms with van der Waals surface area (Å²) in [4.78, 5) is 33.0. The second kappa shape index (κ2) is 14.0. The van der Waals surface area contributed by atoms with Crippen LogP contribution in [0.15, 0.2) is 0 Å². The molecule has 54 heavy (non-hydrogen) atoms. The predicted molar refractivity (Wildman–Crippen MR) is 209 cm³/mol. The molecule has 5 aliphatic carbocycles. The Morgan fingerprint density at radius 1 is 0.907 bits per heavy atom. The third-order valence-electron chi connectivity index (χ3n) is 18.1. The van der Waals surface area contributed by atoms with E-state index in [1.807, 2.05) is 0 Å². The summed E-state index contributed by atoms with van der Waals surface area (Å²) >= 11 is 0. The lowest BCUT2D eigenvalue weighted by Gasteiger charge is -2.63. The molecule has 0 radical (unpaired) electrons. The fraction of sp³-hybridized carbons (Fsp3) is 0.955. The molecule has 10 heteroatoms. The largest absolute Gasteiger partial charge is 0.446 e. The Morgan fingerprint density at radius 3 is 2.22 bits per heavy atom. The first kappa shape index (κ1) is 39.2. The van der Waals surface area contributed by atoms with E-state index in [-0.39, 0.29) is 75.5 Å². The summed E-state index contributed by atoms with van der Waals surface area (Å²) in [5.41, 5.74) is 0.122. The molecule has 3 saturated heterocycles. The van der Waals surface area contributed by atoms with E-state index >= 15 is 0 Å². The van der Waals surface area contributed by atoms with Gasteiger partial charge in [-0.15, -0.1) is 0 Å². The first-order chi connectivity index (χ1) is 25.6. The second-order valence-corrected chi connectivity index (χ2v) is 21.0. The summed E-state index contributed by atoms with van der Waals surface area (Å²) in [5.74, 6) is 1.73. The molecule has 8 aliphatic rings. The van der Waals surface area contributed by atoms with Crippen molar-refractivity contribution in [1.29, 1.82) is 0 Å². The molecule has 2 spiro atoms. The van der Waals surface area contributed by atoms with Gasteiger partial charge < -0.3 is 34.4 Å². The van der Waals surface area contributed by atoms with E-state index in [2.05, 4.69) is 70.5 Å². The second-order valence-electron chi connectivity index (χ2n) is 21.0. The summed E-state index contributed by atoms with van der Waals surface area (Å²) < 4.78 is 19.5. The van der Waals surface area contributed by atoms with E-state index in [9.17, 15) is 14.7 Å². The number of nitrogens with zero attached hydrogens (tertiary/aromatic N) is 3. The quantitative estimate of drug-likeness (QED) is 0.266. The van der Waals surface area contributed by atoms with E-state index in [1.165, 1.54) is 25.8 Å². The number of amides is 2. The van der Waals surface area contributed by atoms with E-state index in [1.54, 1.807) is 4.90 Å². The zero-order chi connectivity index (χ0) is 38.4. The standard InChI is InChI=1S/C44H74N4O6/c1-9-18-46-22-24-47(25-23-46)21-17-45-38(50)53-33-13-14-43-27-44(43)16-15-41(7)34-29(4)26-30(35(28(2)3)54-39(51)48-19-10-20-48)52-36(34)37(49)42(41,8)32(44)12-11-31(43)40(33,5)6/h28-37,49H,9-27H2,1-8H3,(H,45,50)/t29-,30-,31+,32+,33+,34+,35-,36+,37+,41-,42-,43-,44?/m1/s1. The number of fused-ring (bicyclic) bond motifs is 4. The summed E-state index contributed by atoms with van der Waals surface area (Å²) in [6, 6.07) is 0. The highest BCUT2D eigenvalue weighted by atomic mass is 16.6. The molecule has 2 amide bonds. The van der Waals surface area contributed by atoms with Crippen molar-refractivity contribution in [1.82, 2.24) is 20.0 Å². The van der Waals surface area contributed by atoms with Crippen molar-refractivity contribution >= 4 is 12.2 Å². The smallest absolute Gasteiger partial charge is 0.410 e. The summed E-state index contributed by atoms with van der Waals surface area (Å²) in [7, 11) is 0. The average Bonchev–Trinajstić information content (AvgIpc) is 3.73. The molecule has 0 aromatic carbocycles. The topological polar surface area (TPSA) is 104 Å². The molecule has 0 aromatic rings. The molecule has 8 rings (SSSR count). The summed E-state index contributed by atoms with van der Waals surface area (Å²) in [6.45, 7) is 27.1. The van der Waals surface area contributed by atoms with Crippen molar-refractivity contribution in [3.8, 4) is 0 Å². The van der Waals surface area contributed by atoms with Crippen LogP contribution in [0.4, 0.5) is 9.59 Å². The number of likely N-dealkylation sites (tertiary alicyclic amines) is 1. The third-order valence-corrected chi connectivity index (χ3v) is 18.1. The van der Waals surface area contributed by atoms with Crippen LogP contribution in [0.1, 0.15) is 120 Å². The molecule has 5 saturated carbocycles. The number of hydrogen-bond donors (Lipinski definition) is 2. The fourth-order valence-electron chi connectivity index (χ4n) is 15.1. The van der Waals surface area contributed by atoms with Gasteiger partial charge in [0.05, 0.1) is 18.3 Å². The van der Waals surface area contributed by atoms with Crippen LogP contribution in [0.2, 0.25) is 0 Å². The van der Waals surface area contributed by atoms with E-state index in [0.717, 1.165) is 90.8 Å². The van der Waals surface area contributed by atoms with Gasteiger partial charge in [0.2, 0.25) is 0 Å². The number of hydrogen-bond acceptors (Lipinski definition) is 8. The molecule has 0 aromatic heterocycles. The first-order valence-corrected chi connectivity index (χ1v) is 22.3. The predicted octanol–water partition coefficient (Wildman–Crippen LogP) is 6.79. The van der Waals surface area contributed by atoms with Crippen LogP contribution in [-0.4, -0.2) is 121 Å². The maximum atomic E-state index is 13.2. The summed E-state index contributed by atoms with van der Waals surface area (Å²) in [5, 5.41) is 15.8. The van der Waals surface area contributed by atoms with Crippen LogP contribution >= 0.6 is 0 Å². The Balaban J connectivity index is 0.929. The Morgan fingerprint density at radius 2 is 1.57 bits per heavy atom. The minimum Gasteiger partial charge on any atom is -0.446 e. The zero-order valence-electron chi connectivity index (χ0n) is 35.0. The molecule has 3 aliphatic heterocycles. The van der Waals surface area contributed by atoms with Gasteiger partial charge in [-0.25, -0.2) is 9.59 Å². The molecule has 13 atom stereocenters. The SMILES string of the molecule is CCCN1CCN(CCNC(=O)O[C@H]2CC[C@]34CC35CC[C@]3(C)[C@@H]6[C@H](O[C@@H]([C@H](OC(=O)N7CCC7)C(C)C)C[C@H]6C)[C@H](O)[C@@]3(C)[C@@H]5CC[C@H]4C2(C)C)CC1. The van der Waals surface area contributed by atoms with E-state index in [4.69, 9.17) is 14.2 Å². The molecule has 10 nitrogen and oxygen atoms in total. The number of aliphatic hydroxyl groups is 1. The third kappa shape index (κ3) is 5.81. The van der Waals surface area contributed by atoms with Crippen molar-refractivity contribution < 1.29 is 28.9 Å². The summed E-state index contributed by atoms with van der Waals surface area (Å²) in [6.07, 6.45) is 9.08. The van der Waals surface area contributed by atoms with Crippen LogP contribution in [0.5, 0.6) is 0 Å². The van der Waals surface area contributed by atoms with Crippen molar-refractivity contribution in [2.24, 2.45) is 56.7 Å². The molecule has 0 bridgehead atoms. The van der Waals surface area contributed by atoms with Gasteiger partial charge in [-0.3, -0.25) is 4.90 Å². The van der Waals surface area contributed by atoms with E-state index < -0.39 is 6.10 Å². The lowest BCUT2D eigenvalue weighted by Crippen LogP contribution is -2.60. The van der Waals surface area contributed by atoms with Gasteiger partial charge >= 0.3 is 12.2 Å². The fourth-order valence-corrected chi connectivity index (χ4v) is 15.1. The number of nitrogens with one attached hydrogen (secondary N) is 1. The lowest BCUT2D eigenvalue weighted by atomic mass is 9.41. The van der Waals surface area contributed by atoms with Crippen molar-refractivity contribution in [3.63, 3.8) is 0 Å². The molecule has 1 unspecified atom stereocenters. The Hall–Kier alpha value is -1.62. The number of carbonyl (C=O) groups is 2. The lowest BCUT2D eigenvalue weighted by molar-refractivity contribution is -0.185. The highest BCUT2D eigenvalue weighted by molar-refractivity contribution is 5.68. The molecular formula is C44H74N4O6. The van der Waals surface area contributed by atoms with Crippen LogP contribution in [0.3, 0.4) is 0 Å². The van der Waals surface area contributed by atoms with Gasteiger partial charge in [0.25, 0.3) is 0 Å². The van der Waals surface area contributed by atoms with Gasteiger partial charge in [0, 0.05) is 63.2 Å². The normalized spacial score (nSPS) is 45.9. The first-order valence-electron chi connectivity index (χ1n) is 22.3. The maximum Gasteiger partial charge on any atom is 0.410 e. The van der Waals surface area contributed by atoms with Gasteiger partial charge in [-0.2, -0.15) is 0 Å². The number of aliphatic hydroxyl groups excluding tert-OH is 1. The molecule has 2 N–H and O–H groups in total. The molecule has 8 fully saturated rings. The number of alkyl carbamates (subject to hydrolysis) is 1. The Kier molecular flexibility index (Phi) is 10.2. The Labute approximate surface area is 326 Å². The van der Waals surface area contributed by atoms with Gasteiger partial charge in [-0.05, 0) is 117 Å². The van der Waals surface area contributed by atoms with Crippen LogP contribution in [-0.2, 0) is 14.2 Å². The van der Waals surface area contributed by atoms with Gasteiger partial charge in [0.1, 0.15) is 12.2 Å². The van der Waals surface area contributed by atoms with Gasteiger partial charge in [-0.1, -0.05) is 55.4 Å². The monoisotopic (exact) mass is 755 g/mol. The molecule has 306 valence electrons. The highest BCUT2D eigenvalue weighted by Gasteiger charge is 2.84.